The van der Waals surface area contributed by atoms with Crippen molar-refractivity contribution in [1.82, 2.24) is 4.98 Å². The van der Waals surface area contributed by atoms with Gasteiger partial charge in [-0.3, -0.25) is 4.79 Å². The van der Waals surface area contributed by atoms with Crippen LogP contribution < -0.4 is 16.0 Å². The average molecular weight is 264 g/mol. The summed E-state index contributed by atoms with van der Waals surface area (Å²) in [7, 11) is 0. The van der Waals surface area contributed by atoms with E-state index in [1.54, 1.807) is 6.20 Å². The Balaban J connectivity index is 2.05. The van der Waals surface area contributed by atoms with E-state index in [2.05, 4.69) is 15.2 Å². The van der Waals surface area contributed by atoms with Gasteiger partial charge in [-0.05, 0) is 25.1 Å². The summed E-state index contributed by atoms with van der Waals surface area (Å²) >= 11 is 0. The summed E-state index contributed by atoms with van der Waals surface area (Å²) < 4.78 is 5.32. The highest BCUT2D eigenvalue weighted by atomic mass is 16.5. The SMILES string of the molecule is NCCCC(=O)Nc1cccnc1N1CCOCC1. The molecule has 104 valence electrons. The first kappa shape index (κ1) is 13.8. The number of nitrogens with two attached hydrogens (primary N) is 1. The quantitative estimate of drug-likeness (QED) is 0.814. The Morgan fingerprint density at radius 3 is 3.00 bits per heavy atom. The maximum Gasteiger partial charge on any atom is 0.224 e. The van der Waals surface area contributed by atoms with Gasteiger partial charge in [0.1, 0.15) is 0 Å². The minimum atomic E-state index is -0.0204. The minimum absolute atomic E-state index is 0.0204. The second kappa shape index (κ2) is 7.06. The molecule has 19 heavy (non-hydrogen) atoms. The number of nitrogens with one attached hydrogen (secondary N) is 1. The topological polar surface area (TPSA) is 80.5 Å². The smallest absolute Gasteiger partial charge is 0.224 e. The molecule has 0 unspecified atom stereocenters. The lowest BCUT2D eigenvalue weighted by Gasteiger charge is -2.29. The van der Waals surface area contributed by atoms with Crippen molar-refractivity contribution in [2.75, 3.05) is 43.1 Å². The van der Waals surface area contributed by atoms with Gasteiger partial charge in [0, 0.05) is 25.7 Å². The molecule has 1 aromatic heterocycles. The van der Waals surface area contributed by atoms with Crippen molar-refractivity contribution in [2.24, 2.45) is 5.73 Å². The van der Waals surface area contributed by atoms with Gasteiger partial charge in [0.25, 0.3) is 0 Å². The standard InChI is InChI=1S/C13H20N4O2/c14-5-1-4-12(18)16-11-3-2-6-15-13(11)17-7-9-19-10-8-17/h2-3,6H,1,4-5,7-10,14H2,(H,16,18). The molecule has 0 aliphatic carbocycles. The van der Waals surface area contributed by atoms with E-state index in [1.807, 2.05) is 12.1 Å². The van der Waals surface area contributed by atoms with Crippen LogP contribution >= 0.6 is 0 Å². The molecule has 1 amide bonds. The van der Waals surface area contributed by atoms with Crippen LogP contribution in [-0.2, 0) is 9.53 Å². The number of anilines is 2. The zero-order valence-electron chi connectivity index (χ0n) is 11.0. The third kappa shape index (κ3) is 3.90. The van der Waals surface area contributed by atoms with Crippen molar-refractivity contribution in [2.45, 2.75) is 12.8 Å². The van der Waals surface area contributed by atoms with Gasteiger partial charge in [-0.25, -0.2) is 4.98 Å². The van der Waals surface area contributed by atoms with Crippen LogP contribution in [0.2, 0.25) is 0 Å². The molecule has 6 nitrogen and oxygen atoms in total. The predicted molar refractivity (Wildman–Crippen MR) is 74.2 cm³/mol. The molecule has 0 aromatic carbocycles. The molecule has 2 heterocycles. The number of morpholine rings is 1. The van der Waals surface area contributed by atoms with E-state index >= 15 is 0 Å². The molecule has 0 saturated carbocycles. The summed E-state index contributed by atoms with van der Waals surface area (Å²) in [6.07, 6.45) is 2.87. The molecule has 1 saturated heterocycles. The number of pyridine rings is 1. The Hall–Kier alpha value is -1.66. The molecule has 1 aromatic rings. The fourth-order valence-electron chi connectivity index (χ4n) is 2.00. The van der Waals surface area contributed by atoms with Gasteiger partial charge in [0.05, 0.1) is 18.9 Å². The number of rotatable bonds is 5. The van der Waals surface area contributed by atoms with E-state index in [-0.39, 0.29) is 5.91 Å². The van der Waals surface area contributed by atoms with Gasteiger partial charge in [0.2, 0.25) is 5.91 Å². The largest absolute Gasteiger partial charge is 0.378 e. The van der Waals surface area contributed by atoms with Crippen molar-refractivity contribution in [3.8, 4) is 0 Å². The van der Waals surface area contributed by atoms with Crippen LogP contribution in [0.25, 0.3) is 0 Å². The molecule has 0 spiro atoms. The highest BCUT2D eigenvalue weighted by Gasteiger charge is 2.16. The van der Waals surface area contributed by atoms with Crippen molar-refractivity contribution in [1.29, 1.82) is 0 Å². The molecule has 1 fully saturated rings. The second-order valence-corrected chi connectivity index (χ2v) is 4.41. The monoisotopic (exact) mass is 264 g/mol. The lowest BCUT2D eigenvalue weighted by atomic mass is 10.2. The molecule has 1 aliphatic rings. The van der Waals surface area contributed by atoms with Crippen molar-refractivity contribution in [3.05, 3.63) is 18.3 Å². The summed E-state index contributed by atoms with van der Waals surface area (Å²) in [6, 6.07) is 3.70. The number of amides is 1. The lowest BCUT2D eigenvalue weighted by molar-refractivity contribution is -0.116. The van der Waals surface area contributed by atoms with Crippen molar-refractivity contribution in [3.63, 3.8) is 0 Å². The number of carbonyl (C=O) groups is 1. The molecular weight excluding hydrogens is 244 g/mol. The lowest BCUT2D eigenvalue weighted by Crippen LogP contribution is -2.37. The fourth-order valence-corrected chi connectivity index (χ4v) is 2.00. The fraction of sp³-hybridized carbons (Fsp3) is 0.538. The van der Waals surface area contributed by atoms with Gasteiger partial charge in [-0.15, -0.1) is 0 Å². The van der Waals surface area contributed by atoms with Crippen LogP contribution in [0.3, 0.4) is 0 Å². The van der Waals surface area contributed by atoms with E-state index < -0.39 is 0 Å². The Morgan fingerprint density at radius 1 is 1.47 bits per heavy atom. The summed E-state index contributed by atoms with van der Waals surface area (Å²) in [4.78, 5) is 18.3. The molecule has 0 atom stereocenters. The molecule has 2 rings (SSSR count). The van der Waals surface area contributed by atoms with Crippen LogP contribution in [0.1, 0.15) is 12.8 Å². The van der Waals surface area contributed by atoms with E-state index in [0.717, 1.165) is 24.6 Å². The first-order valence-electron chi connectivity index (χ1n) is 6.59. The third-order valence-corrected chi connectivity index (χ3v) is 2.98. The first-order valence-corrected chi connectivity index (χ1v) is 6.59. The van der Waals surface area contributed by atoms with E-state index in [9.17, 15) is 4.79 Å². The molecular formula is C13H20N4O2. The van der Waals surface area contributed by atoms with Gasteiger partial charge < -0.3 is 20.7 Å². The van der Waals surface area contributed by atoms with Crippen LogP contribution in [0.5, 0.6) is 0 Å². The number of ether oxygens (including phenoxy) is 1. The van der Waals surface area contributed by atoms with Crippen LogP contribution in [0, 0.1) is 0 Å². The maximum absolute atomic E-state index is 11.8. The van der Waals surface area contributed by atoms with Gasteiger partial charge >= 0.3 is 0 Å². The number of hydrogen-bond acceptors (Lipinski definition) is 5. The average Bonchev–Trinajstić information content (AvgIpc) is 2.46. The Labute approximate surface area is 112 Å². The molecule has 3 N–H and O–H groups in total. The number of carbonyl (C=O) groups excluding carboxylic acids is 1. The number of aromatic nitrogens is 1. The van der Waals surface area contributed by atoms with Crippen molar-refractivity contribution >= 4 is 17.4 Å². The third-order valence-electron chi connectivity index (χ3n) is 2.98. The number of nitrogens with zero attached hydrogens (tertiary/aromatic N) is 2. The van der Waals surface area contributed by atoms with Crippen molar-refractivity contribution < 1.29 is 9.53 Å². The molecule has 6 heteroatoms. The Morgan fingerprint density at radius 2 is 2.26 bits per heavy atom. The number of hydrogen-bond donors (Lipinski definition) is 2. The second-order valence-electron chi connectivity index (χ2n) is 4.41. The van der Waals surface area contributed by atoms with Crippen LogP contribution in [0.4, 0.5) is 11.5 Å². The van der Waals surface area contributed by atoms with Crippen LogP contribution in [0.15, 0.2) is 18.3 Å². The van der Waals surface area contributed by atoms with E-state index in [0.29, 0.717) is 32.6 Å². The normalized spacial score (nSPS) is 15.3. The minimum Gasteiger partial charge on any atom is -0.378 e. The maximum atomic E-state index is 11.8. The van der Waals surface area contributed by atoms with Crippen LogP contribution in [-0.4, -0.2) is 43.7 Å². The Kier molecular flexibility index (Phi) is 5.11. The molecule has 0 radical (unpaired) electrons. The summed E-state index contributed by atoms with van der Waals surface area (Å²) in [5.41, 5.74) is 6.16. The highest BCUT2D eigenvalue weighted by Crippen LogP contribution is 2.23. The first-order chi connectivity index (χ1) is 9.31. The molecule has 0 bridgehead atoms. The van der Waals surface area contributed by atoms with Gasteiger partial charge in [-0.1, -0.05) is 0 Å². The van der Waals surface area contributed by atoms with E-state index in [4.69, 9.17) is 10.5 Å². The van der Waals surface area contributed by atoms with Gasteiger partial charge in [0.15, 0.2) is 5.82 Å². The molecule has 1 aliphatic heterocycles. The zero-order valence-corrected chi connectivity index (χ0v) is 11.0. The predicted octanol–water partition coefficient (Wildman–Crippen LogP) is 0.596. The van der Waals surface area contributed by atoms with Gasteiger partial charge in [-0.2, -0.15) is 0 Å². The summed E-state index contributed by atoms with van der Waals surface area (Å²) in [5.74, 6) is 0.792. The Bertz CT molecular complexity index is 419. The van der Waals surface area contributed by atoms with E-state index in [1.165, 1.54) is 0 Å². The summed E-state index contributed by atoms with van der Waals surface area (Å²) in [6.45, 7) is 3.50. The zero-order chi connectivity index (χ0) is 13.5. The highest BCUT2D eigenvalue weighted by molar-refractivity contribution is 5.93. The summed E-state index contributed by atoms with van der Waals surface area (Å²) in [5, 5.41) is 2.90.